The summed E-state index contributed by atoms with van der Waals surface area (Å²) in [4.78, 5) is 33.6. The number of nitrogens with zero attached hydrogens (tertiary/aromatic N) is 14. The van der Waals surface area contributed by atoms with Crippen LogP contribution in [0.4, 0.5) is 17.6 Å². The largest absolute Gasteiger partial charge is 0.573 e. The number of aromatic nitrogens is 14. The van der Waals surface area contributed by atoms with E-state index in [0.29, 0.717) is 46.1 Å². The van der Waals surface area contributed by atoms with Gasteiger partial charge < -0.3 is 32.6 Å². The van der Waals surface area contributed by atoms with E-state index in [1.165, 1.54) is 39.2 Å². The van der Waals surface area contributed by atoms with Crippen LogP contribution >= 0.6 is 11.6 Å². The molecule has 0 saturated carbocycles. The van der Waals surface area contributed by atoms with Crippen LogP contribution in [0.2, 0.25) is 5.15 Å². The third-order valence-electron chi connectivity index (χ3n) is 16.3. The number of hydrogen-bond acceptors (Lipinski definition) is 12. The third-order valence-corrected chi connectivity index (χ3v) is 16.7. The summed E-state index contributed by atoms with van der Waals surface area (Å²) in [6, 6.07) is 28.8. The highest BCUT2D eigenvalue weighted by atomic mass is 35.5. The zero-order chi connectivity index (χ0) is 74.7. The van der Waals surface area contributed by atoms with Crippen LogP contribution in [0.25, 0.3) is 34.4 Å². The Hall–Kier alpha value is -10.4. The zero-order valence-corrected chi connectivity index (χ0v) is 62.7. The molecule has 18 nitrogen and oxygen atoms in total. The molecule has 0 atom stereocenters. The monoisotopic (exact) mass is 1410 g/mol. The lowest BCUT2D eigenvalue weighted by Crippen LogP contribution is -2.18. The van der Waals surface area contributed by atoms with Gasteiger partial charge in [-0.1, -0.05) is 125 Å². The van der Waals surface area contributed by atoms with Gasteiger partial charge >= 0.3 is 6.36 Å². The van der Waals surface area contributed by atoms with Crippen LogP contribution in [0, 0.1) is 40.4 Å². The van der Waals surface area contributed by atoms with Crippen molar-refractivity contribution in [3.8, 4) is 57.4 Å². The fourth-order valence-electron chi connectivity index (χ4n) is 10.1. The molecule has 12 rings (SSSR count). The van der Waals surface area contributed by atoms with Crippen molar-refractivity contribution in [2.24, 2.45) is 0 Å². The Morgan fingerprint density at radius 1 is 0.392 bits per heavy atom. The third kappa shape index (κ3) is 21.8. The van der Waals surface area contributed by atoms with E-state index in [9.17, 15) is 17.6 Å². The molecule has 0 radical (unpaired) electrons. The topological polar surface area (TPSA) is 170 Å². The van der Waals surface area contributed by atoms with Crippen LogP contribution < -0.4 is 18.9 Å². The number of imidazole rings is 6. The number of aryl methyl sites for hydroxylation is 5. The second-order valence-corrected chi connectivity index (χ2v) is 26.5. The van der Waals surface area contributed by atoms with Gasteiger partial charge in [0, 0.05) is 49.6 Å². The molecule has 0 bridgehead atoms. The molecule has 0 amide bonds. The summed E-state index contributed by atoms with van der Waals surface area (Å²) >= 11 is 6.22. The molecule has 23 heteroatoms. The Morgan fingerprint density at radius 2 is 0.794 bits per heavy atom. The molecule has 12 aromatic rings. The van der Waals surface area contributed by atoms with Crippen molar-refractivity contribution < 1.29 is 36.5 Å². The molecular formula is C79H95ClF4N14O4. The van der Waals surface area contributed by atoms with E-state index in [0.717, 1.165) is 79.9 Å². The molecule has 0 saturated heterocycles. The summed E-state index contributed by atoms with van der Waals surface area (Å²) < 4.78 is 82.6. The fraction of sp³-hybridized carbons (Fsp3) is 0.342. The van der Waals surface area contributed by atoms with Crippen molar-refractivity contribution in [1.82, 2.24) is 67.3 Å². The molecule has 0 fully saturated rings. The number of rotatable bonds is 16. The van der Waals surface area contributed by atoms with Crippen LogP contribution in [-0.4, -0.2) is 95.0 Å². The maximum absolute atomic E-state index is 13.9. The van der Waals surface area contributed by atoms with E-state index in [1.807, 2.05) is 127 Å². The smallest absolute Gasteiger partial charge is 0.495 e. The van der Waals surface area contributed by atoms with Crippen LogP contribution in [-0.2, 0) is 0 Å². The quantitative estimate of drug-likeness (QED) is 0.0840. The van der Waals surface area contributed by atoms with Gasteiger partial charge in [-0.05, 0) is 164 Å². The van der Waals surface area contributed by atoms with Gasteiger partial charge in [0.15, 0.2) is 17.3 Å². The molecular weight excluding hydrogens is 1320 g/mol. The summed E-state index contributed by atoms with van der Waals surface area (Å²) in [6.45, 7) is 34.6. The highest BCUT2D eigenvalue weighted by Gasteiger charge is 2.33. The van der Waals surface area contributed by atoms with Crippen molar-refractivity contribution in [1.29, 1.82) is 0 Å². The number of benzene rings is 4. The summed E-state index contributed by atoms with van der Waals surface area (Å²) in [6.07, 6.45) is 20.2. The number of hydrogen-bond donors (Lipinski definition) is 0. The number of pyridine rings is 2. The standard InChI is InChI=1S/C14H17ClN2O.C14H15F3N2O.C13H15FN2.C13H17N3O.C13H16N2O.C12H15N3/c1-9(2)11-5-6-12(13(7-11)18-4)17-8-16-10(3)14(17)15;1-9(2)11-4-5-12(19-7-10(3)18-8-19)13(6-11)20-14(15,16)17;1-9(2)11-4-5-13(12(14)6-11)16-7-10(3)15-8-16;1-9(2)11-5-12(17-4)13(14-6-11)16-7-10(3)15-8-16;1-10(2)11-4-5-12(13(8-11)16-3)15-7-6-14-9-15;1-9(2)11-4-5-12(13-6-11)15-7-10(3)14-8-15/h5-9H,1-4H3;4-9H,1-3H3;4-9H,1-3H3;5-9H,1-4H3;4-10H,1-3H3;4-9H,1-3H3. The van der Waals surface area contributed by atoms with Gasteiger partial charge in [-0.25, -0.2) is 44.3 Å². The second-order valence-electron chi connectivity index (χ2n) is 26.2. The lowest BCUT2D eigenvalue weighted by atomic mass is 10.0. The second kappa shape index (κ2) is 36.3. The van der Waals surface area contributed by atoms with E-state index >= 15 is 0 Å². The first-order chi connectivity index (χ1) is 48.4. The molecule has 0 aliphatic heterocycles. The van der Waals surface area contributed by atoms with Gasteiger partial charge in [-0.2, -0.15) is 0 Å². The molecule has 0 spiro atoms. The number of halogens is 5. The SMILES string of the molecule is COc1cc(C(C)C)ccc1-n1ccnc1.COc1cc(C(C)C)ccc1-n1cnc(C)c1Cl.COc1cc(C(C)C)cnc1-n1cnc(C)c1.Cc1cn(-c2ccc(C(C)C)cc2F)cn1.Cc1cn(-c2ccc(C(C)C)cc2OC(F)(F)F)cn1.Cc1cn(-c2ccc(C(C)C)cn2)cn1. The maximum atomic E-state index is 13.9. The lowest BCUT2D eigenvalue weighted by molar-refractivity contribution is -0.274. The summed E-state index contributed by atoms with van der Waals surface area (Å²) in [5.74, 6) is 6.11. The van der Waals surface area contributed by atoms with Crippen LogP contribution in [0.15, 0.2) is 179 Å². The average molecular weight is 1420 g/mol. The fourth-order valence-corrected chi connectivity index (χ4v) is 10.3. The van der Waals surface area contributed by atoms with Crippen molar-refractivity contribution in [3.63, 3.8) is 0 Å². The van der Waals surface area contributed by atoms with E-state index in [1.54, 1.807) is 101 Å². The molecule has 0 unspecified atom stereocenters. The van der Waals surface area contributed by atoms with Crippen molar-refractivity contribution in [2.45, 2.75) is 160 Å². The minimum Gasteiger partial charge on any atom is -0.495 e. The molecule has 0 aliphatic rings. The van der Waals surface area contributed by atoms with Gasteiger partial charge in [-0.15, -0.1) is 13.2 Å². The van der Waals surface area contributed by atoms with Gasteiger partial charge in [-0.3, -0.25) is 13.7 Å². The number of methoxy groups -OCH3 is 3. The van der Waals surface area contributed by atoms with E-state index < -0.39 is 6.36 Å². The summed E-state index contributed by atoms with van der Waals surface area (Å²) in [7, 11) is 5.02. The Labute approximate surface area is 602 Å². The van der Waals surface area contributed by atoms with Crippen LogP contribution in [0.1, 0.15) is 180 Å². The molecule has 4 aromatic carbocycles. The maximum Gasteiger partial charge on any atom is 0.573 e. The van der Waals surface area contributed by atoms with Gasteiger partial charge in [0.1, 0.15) is 47.3 Å². The Kier molecular flexibility index (Phi) is 28.1. The normalized spacial score (nSPS) is 11.1. The minimum absolute atomic E-state index is 0.115. The highest BCUT2D eigenvalue weighted by Crippen LogP contribution is 2.35. The molecule has 0 N–H and O–H groups in total. The van der Waals surface area contributed by atoms with E-state index in [-0.39, 0.29) is 17.5 Å². The Balaban J connectivity index is 0.000000172. The first kappa shape index (κ1) is 79.0. The minimum atomic E-state index is -4.72. The first-order valence-electron chi connectivity index (χ1n) is 33.7. The molecule has 8 heterocycles. The average Bonchev–Trinajstić information content (AvgIpc) is 1.44. The molecule has 0 aliphatic carbocycles. The van der Waals surface area contributed by atoms with E-state index in [4.69, 9.17) is 25.8 Å². The van der Waals surface area contributed by atoms with Gasteiger partial charge in [0.2, 0.25) is 0 Å². The van der Waals surface area contributed by atoms with Gasteiger partial charge in [0.05, 0.1) is 91.5 Å². The first-order valence-corrected chi connectivity index (χ1v) is 34.0. The predicted molar refractivity (Wildman–Crippen MR) is 397 cm³/mol. The molecule has 540 valence electrons. The lowest BCUT2D eigenvalue weighted by Gasteiger charge is -2.16. The summed E-state index contributed by atoms with van der Waals surface area (Å²) in [5.41, 5.74) is 13.9. The number of alkyl halides is 3. The highest BCUT2D eigenvalue weighted by molar-refractivity contribution is 6.30. The van der Waals surface area contributed by atoms with E-state index in [2.05, 4.69) is 144 Å². The van der Waals surface area contributed by atoms with Crippen molar-refractivity contribution >= 4 is 11.6 Å². The summed E-state index contributed by atoms with van der Waals surface area (Å²) in [5, 5.41) is 0.616. The number of ether oxygens (including phenoxy) is 4. The van der Waals surface area contributed by atoms with Crippen LogP contribution in [0.3, 0.4) is 0 Å². The van der Waals surface area contributed by atoms with Crippen molar-refractivity contribution in [3.05, 3.63) is 251 Å². The predicted octanol–water partition coefficient (Wildman–Crippen LogP) is 20.0. The van der Waals surface area contributed by atoms with Crippen molar-refractivity contribution in [2.75, 3.05) is 21.3 Å². The molecule has 102 heavy (non-hydrogen) atoms. The Bertz CT molecular complexity index is 4580. The molecule has 8 aromatic heterocycles. The zero-order valence-electron chi connectivity index (χ0n) is 62.0. The van der Waals surface area contributed by atoms with Gasteiger partial charge in [0.25, 0.3) is 0 Å². The Morgan fingerprint density at radius 3 is 1.20 bits per heavy atom. The van der Waals surface area contributed by atoms with Crippen LogP contribution in [0.5, 0.6) is 23.0 Å².